The van der Waals surface area contributed by atoms with Crippen LogP contribution < -0.4 is 0 Å². The first kappa shape index (κ1) is 17.8. The van der Waals surface area contributed by atoms with Crippen molar-refractivity contribution >= 4 is 17.1 Å². The van der Waals surface area contributed by atoms with E-state index in [2.05, 4.69) is 21.3 Å². The fourth-order valence-corrected chi connectivity index (χ4v) is 3.73. The molecule has 4 aromatic rings. The van der Waals surface area contributed by atoms with E-state index < -0.39 is 5.92 Å². The third-order valence-corrected chi connectivity index (χ3v) is 5.26. The molecule has 7 heteroatoms. The molecule has 1 atom stereocenters. The quantitative estimate of drug-likeness (QED) is 0.483. The van der Waals surface area contributed by atoms with Crippen LogP contribution in [-0.4, -0.2) is 25.5 Å². The van der Waals surface area contributed by atoms with Gasteiger partial charge in [0.1, 0.15) is 10.7 Å². The Labute approximate surface area is 165 Å². The molecular formula is C21H15N5OS. The van der Waals surface area contributed by atoms with Gasteiger partial charge in [0.15, 0.2) is 17.6 Å². The van der Waals surface area contributed by atoms with Crippen LogP contribution in [-0.2, 0) is 7.05 Å². The summed E-state index contributed by atoms with van der Waals surface area (Å²) in [5, 5.41) is 20.4. The van der Waals surface area contributed by atoms with Crippen LogP contribution in [0.4, 0.5) is 0 Å². The highest BCUT2D eigenvalue weighted by atomic mass is 32.1. The van der Waals surface area contributed by atoms with Crippen molar-refractivity contribution in [3.8, 4) is 28.0 Å². The zero-order valence-electron chi connectivity index (χ0n) is 15.0. The largest absolute Gasteiger partial charge is 0.313 e. The number of thiazole rings is 1. The number of nitriles is 1. The second kappa shape index (κ2) is 7.55. The van der Waals surface area contributed by atoms with Gasteiger partial charge in [-0.25, -0.2) is 4.98 Å². The van der Waals surface area contributed by atoms with Crippen molar-refractivity contribution in [2.45, 2.75) is 5.92 Å². The standard InChI is InChI=1S/C21H15N5OS/c1-26-19(14-8-4-2-5-9-14)24-25-20(26)16(12-22)18(27)17-13-28-21(23-17)15-10-6-3-7-11-15/h2-11,13,16H,1H3. The summed E-state index contributed by atoms with van der Waals surface area (Å²) in [6.45, 7) is 0. The third-order valence-electron chi connectivity index (χ3n) is 4.37. The van der Waals surface area contributed by atoms with Gasteiger partial charge in [0.2, 0.25) is 5.78 Å². The number of aromatic nitrogens is 4. The zero-order valence-corrected chi connectivity index (χ0v) is 15.8. The zero-order chi connectivity index (χ0) is 19.5. The number of rotatable bonds is 5. The minimum atomic E-state index is -1.07. The topological polar surface area (TPSA) is 84.5 Å². The van der Waals surface area contributed by atoms with E-state index in [1.165, 1.54) is 11.3 Å². The molecule has 2 aromatic heterocycles. The molecule has 0 N–H and O–H groups in total. The summed E-state index contributed by atoms with van der Waals surface area (Å²) in [5.74, 6) is -0.538. The maximum absolute atomic E-state index is 13.0. The molecule has 2 heterocycles. The van der Waals surface area contributed by atoms with Gasteiger partial charge in [0.25, 0.3) is 0 Å². The Bertz CT molecular complexity index is 1160. The molecular weight excluding hydrogens is 370 g/mol. The van der Waals surface area contributed by atoms with E-state index >= 15 is 0 Å². The van der Waals surface area contributed by atoms with Gasteiger partial charge < -0.3 is 4.57 Å². The summed E-state index contributed by atoms with van der Waals surface area (Å²) in [6.07, 6.45) is 0. The molecule has 0 fully saturated rings. The predicted molar refractivity (Wildman–Crippen MR) is 107 cm³/mol. The van der Waals surface area contributed by atoms with E-state index in [-0.39, 0.29) is 11.5 Å². The van der Waals surface area contributed by atoms with Crippen LogP contribution in [0, 0.1) is 11.3 Å². The molecule has 136 valence electrons. The van der Waals surface area contributed by atoms with Gasteiger partial charge in [-0.3, -0.25) is 4.79 Å². The molecule has 28 heavy (non-hydrogen) atoms. The lowest BCUT2D eigenvalue weighted by atomic mass is 10.0. The Hall–Kier alpha value is -3.63. The van der Waals surface area contributed by atoms with E-state index in [9.17, 15) is 10.1 Å². The summed E-state index contributed by atoms with van der Waals surface area (Å²) >= 11 is 1.38. The van der Waals surface area contributed by atoms with Crippen molar-refractivity contribution in [2.24, 2.45) is 7.05 Å². The molecule has 0 bridgehead atoms. The number of ketones is 1. The normalized spacial score (nSPS) is 11.7. The first-order valence-corrected chi connectivity index (χ1v) is 9.46. The molecule has 2 aromatic carbocycles. The van der Waals surface area contributed by atoms with Gasteiger partial charge in [0.05, 0.1) is 6.07 Å². The number of carbonyl (C=O) groups is 1. The van der Waals surface area contributed by atoms with Crippen LogP contribution >= 0.6 is 11.3 Å². The average Bonchev–Trinajstić information content (AvgIpc) is 3.38. The SMILES string of the molecule is Cn1c(-c2ccccc2)nnc1C(C#N)C(=O)c1csc(-c2ccccc2)n1. The fraction of sp³-hybridized carbons (Fsp3) is 0.0952. The Kier molecular flexibility index (Phi) is 4.79. The summed E-state index contributed by atoms with van der Waals surface area (Å²) < 4.78 is 1.69. The maximum atomic E-state index is 13.0. The van der Waals surface area contributed by atoms with Crippen LogP contribution in [0.1, 0.15) is 22.2 Å². The van der Waals surface area contributed by atoms with Crippen molar-refractivity contribution in [1.29, 1.82) is 5.26 Å². The number of carbonyl (C=O) groups excluding carboxylic acids is 1. The molecule has 0 amide bonds. The molecule has 4 rings (SSSR count). The van der Waals surface area contributed by atoms with Crippen LogP contribution in [0.15, 0.2) is 66.0 Å². The van der Waals surface area contributed by atoms with E-state index in [1.54, 1.807) is 17.0 Å². The van der Waals surface area contributed by atoms with E-state index in [0.29, 0.717) is 11.6 Å². The summed E-state index contributed by atoms with van der Waals surface area (Å²) in [4.78, 5) is 17.4. The maximum Gasteiger partial charge on any atom is 0.206 e. The van der Waals surface area contributed by atoms with Crippen molar-refractivity contribution in [3.63, 3.8) is 0 Å². The number of Topliss-reactive ketones (excluding diaryl/α,β-unsaturated/α-hetero) is 1. The number of hydrogen-bond acceptors (Lipinski definition) is 6. The number of benzene rings is 2. The van der Waals surface area contributed by atoms with E-state index in [4.69, 9.17) is 0 Å². The molecule has 1 unspecified atom stereocenters. The van der Waals surface area contributed by atoms with Crippen molar-refractivity contribution in [2.75, 3.05) is 0 Å². The van der Waals surface area contributed by atoms with Gasteiger partial charge in [0, 0.05) is 23.6 Å². The van der Waals surface area contributed by atoms with E-state index in [1.807, 2.05) is 60.7 Å². The smallest absolute Gasteiger partial charge is 0.206 e. The van der Waals surface area contributed by atoms with E-state index in [0.717, 1.165) is 16.1 Å². The number of hydrogen-bond donors (Lipinski definition) is 0. The van der Waals surface area contributed by atoms with Crippen LogP contribution in [0.3, 0.4) is 0 Å². The average molecular weight is 385 g/mol. The molecule has 0 radical (unpaired) electrons. The predicted octanol–water partition coefficient (Wildman–Crippen LogP) is 4.10. The summed E-state index contributed by atoms with van der Waals surface area (Å²) in [6, 6.07) is 21.2. The third kappa shape index (κ3) is 3.21. The Morgan fingerprint density at radius 3 is 2.32 bits per heavy atom. The second-order valence-electron chi connectivity index (χ2n) is 6.14. The van der Waals surface area contributed by atoms with Crippen LogP contribution in [0.2, 0.25) is 0 Å². The Morgan fingerprint density at radius 2 is 1.68 bits per heavy atom. The first-order chi connectivity index (χ1) is 13.7. The van der Waals surface area contributed by atoms with Crippen molar-refractivity contribution < 1.29 is 4.79 Å². The van der Waals surface area contributed by atoms with Crippen molar-refractivity contribution in [3.05, 3.63) is 77.6 Å². The lowest BCUT2D eigenvalue weighted by Gasteiger charge is -2.07. The Balaban J connectivity index is 1.65. The molecule has 0 aliphatic heterocycles. The highest BCUT2D eigenvalue weighted by Crippen LogP contribution is 2.27. The van der Waals surface area contributed by atoms with Gasteiger partial charge in [-0.1, -0.05) is 60.7 Å². The lowest BCUT2D eigenvalue weighted by molar-refractivity contribution is 0.0971. The van der Waals surface area contributed by atoms with Gasteiger partial charge in [-0.15, -0.1) is 21.5 Å². The van der Waals surface area contributed by atoms with Gasteiger partial charge in [-0.2, -0.15) is 5.26 Å². The Morgan fingerprint density at radius 1 is 1.04 bits per heavy atom. The summed E-state index contributed by atoms with van der Waals surface area (Å²) in [7, 11) is 1.76. The molecule has 0 saturated carbocycles. The van der Waals surface area contributed by atoms with Gasteiger partial charge in [-0.05, 0) is 0 Å². The van der Waals surface area contributed by atoms with Gasteiger partial charge >= 0.3 is 0 Å². The second-order valence-corrected chi connectivity index (χ2v) is 7.00. The monoisotopic (exact) mass is 385 g/mol. The lowest BCUT2D eigenvalue weighted by Crippen LogP contribution is -2.16. The summed E-state index contributed by atoms with van der Waals surface area (Å²) in [5.41, 5.74) is 2.07. The molecule has 0 aliphatic carbocycles. The first-order valence-electron chi connectivity index (χ1n) is 8.58. The van der Waals surface area contributed by atoms with Crippen LogP contribution in [0.25, 0.3) is 22.0 Å². The minimum absolute atomic E-state index is 0.264. The fourth-order valence-electron chi connectivity index (χ4n) is 2.91. The highest BCUT2D eigenvalue weighted by molar-refractivity contribution is 7.13. The van der Waals surface area contributed by atoms with Crippen LogP contribution in [0.5, 0.6) is 0 Å². The molecule has 6 nitrogen and oxygen atoms in total. The molecule has 0 saturated heterocycles. The molecule has 0 aliphatic rings. The minimum Gasteiger partial charge on any atom is -0.313 e. The molecule has 0 spiro atoms. The number of nitrogens with zero attached hydrogens (tertiary/aromatic N) is 5. The highest BCUT2D eigenvalue weighted by Gasteiger charge is 2.29. The van der Waals surface area contributed by atoms with Crippen molar-refractivity contribution in [1.82, 2.24) is 19.7 Å².